The van der Waals surface area contributed by atoms with Crippen LogP contribution in [0.25, 0.3) is 0 Å². The van der Waals surface area contributed by atoms with Gasteiger partial charge < -0.3 is 15.0 Å². The summed E-state index contributed by atoms with van der Waals surface area (Å²) in [7, 11) is 3.71. The summed E-state index contributed by atoms with van der Waals surface area (Å²) in [6, 6.07) is 5.30. The van der Waals surface area contributed by atoms with Crippen molar-refractivity contribution in [3.05, 3.63) is 28.2 Å². The lowest BCUT2D eigenvalue weighted by molar-refractivity contribution is 0.179. The Morgan fingerprint density at radius 1 is 1.29 bits per heavy atom. The predicted molar refractivity (Wildman–Crippen MR) is 88.7 cm³/mol. The highest BCUT2D eigenvalue weighted by Crippen LogP contribution is 2.25. The van der Waals surface area contributed by atoms with Crippen LogP contribution in [-0.4, -0.2) is 44.7 Å². The fourth-order valence-electron chi connectivity index (χ4n) is 2.55. The van der Waals surface area contributed by atoms with Crippen LogP contribution in [-0.2, 0) is 0 Å². The number of benzene rings is 1. The number of halogens is 2. The lowest BCUT2D eigenvalue weighted by Crippen LogP contribution is -2.45. The third-order valence-electron chi connectivity index (χ3n) is 3.67. The average molecular weight is 330 g/mol. The Kier molecular flexibility index (Phi) is 6.00. The predicted octanol–water partition coefficient (Wildman–Crippen LogP) is 3.29. The summed E-state index contributed by atoms with van der Waals surface area (Å²) in [5, 5.41) is 4.33. The molecule has 0 amide bonds. The van der Waals surface area contributed by atoms with E-state index >= 15 is 0 Å². The number of aliphatic imine (C=N–C) groups is 1. The van der Waals surface area contributed by atoms with Crippen molar-refractivity contribution >= 4 is 29.2 Å². The summed E-state index contributed by atoms with van der Waals surface area (Å²) in [6.45, 7) is 2.69. The highest BCUT2D eigenvalue weighted by molar-refractivity contribution is 6.34. The molecule has 1 aromatic carbocycles. The number of piperidine rings is 1. The molecule has 0 spiro atoms. The first kappa shape index (κ1) is 16.2. The standard InChI is InChI=1S/C15H21Cl2N3O/c1-18-15(19-2)20-5-3-11(4-6-20)10-21-14-8-12(16)7-13(17)9-14/h7-9,11H,3-6,10H2,1-2H3,(H,18,19). The van der Waals surface area contributed by atoms with E-state index in [1.807, 2.05) is 14.1 Å². The maximum atomic E-state index is 5.97. The van der Waals surface area contributed by atoms with Crippen LogP contribution < -0.4 is 10.1 Å². The number of guanidine groups is 1. The largest absolute Gasteiger partial charge is 0.493 e. The monoisotopic (exact) mass is 329 g/mol. The summed E-state index contributed by atoms with van der Waals surface area (Å²) >= 11 is 11.9. The Labute approximate surface area is 136 Å². The molecule has 0 saturated carbocycles. The van der Waals surface area contributed by atoms with Gasteiger partial charge in [0.25, 0.3) is 0 Å². The third-order valence-corrected chi connectivity index (χ3v) is 4.11. The SMILES string of the molecule is CN=C(NC)N1CCC(COc2cc(Cl)cc(Cl)c2)CC1. The van der Waals surface area contributed by atoms with Crippen LogP contribution in [0.1, 0.15) is 12.8 Å². The molecule has 0 bridgehead atoms. The highest BCUT2D eigenvalue weighted by Gasteiger charge is 2.21. The molecule has 1 aliphatic rings. The maximum Gasteiger partial charge on any atom is 0.193 e. The molecule has 1 heterocycles. The Morgan fingerprint density at radius 2 is 1.90 bits per heavy atom. The van der Waals surface area contributed by atoms with Crippen molar-refractivity contribution in [3.8, 4) is 5.75 Å². The first-order valence-electron chi connectivity index (χ1n) is 7.10. The van der Waals surface area contributed by atoms with Crippen LogP contribution in [0.15, 0.2) is 23.2 Å². The molecule has 6 heteroatoms. The Bertz CT molecular complexity index is 479. The zero-order valence-electron chi connectivity index (χ0n) is 12.4. The van der Waals surface area contributed by atoms with E-state index in [-0.39, 0.29) is 0 Å². The summed E-state index contributed by atoms with van der Waals surface area (Å²) in [5.41, 5.74) is 0. The zero-order chi connectivity index (χ0) is 15.2. The van der Waals surface area contributed by atoms with Gasteiger partial charge >= 0.3 is 0 Å². The summed E-state index contributed by atoms with van der Waals surface area (Å²) in [5.74, 6) is 2.24. The molecule has 1 aromatic rings. The number of rotatable bonds is 3. The van der Waals surface area contributed by atoms with E-state index < -0.39 is 0 Å². The summed E-state index contributed by atoms with van der Waals surface area (Å²) < 4.78 is 5.82. The normalized spacial score (nSPS) is 17.0. The fourth-order valence-corrected chi connectivity index (χ4v) is 3.05. The van der Waals surface area contributed by atoms with Gasteiger partial charge in [0.15, 0.2) is 5.96 Å². The highest BCUT2D eigenvalue weighted by atomic mass is 35.5. The minimum atomic E-state index is 0.550. The smallest absolute Gasteiger partial charge is 0.193 e. The molecule has 1 saturated heterocycles. The minimum absolute atomic E-state index is 0.550. The second-order valence-electron chi connectivity index (χ2n) is 5.14. The molecule has 1 fully saturated rings. The molecule has 2 rings (SSSR count). The second kappa shape index (κ2) is 7.76. The number of hydrogen-bond donors (Lipinski definition) is 1. The van der Waals surface area contributed by atoms with Crippen LogP contribution in [0.4, 0.5) is 0 Å². The topological polar surface area (TPSA) is 36.9 Å². The van der Waals surface area contributed by atoms with E-state index in [0.717, 1.165) is 37.6 Å². The molecule has 0 aliphatic carbocycles. The zero-order valence-corrected chi connectivity index (χ0v) is 13.9. The summed E-state index contributed by atoms with van der Waals surface area (Å²) in [4.78, 5) is 6.51. The van der Waals surface area contributed by atoms with E-state index in [4.69, 9.17) is 27.9 Å². The van der Waals surface area contributed by atoms with Crippen molar-refractivity contribution in [1.29, 1.82) is 0 Å². The molecule has 116 valence electrons. The number of hydrogen-bond acceptors (Lipinski definition) is 2. The van der Waals surface area contributed by atoms with Crippen molar-refractivity contribution in [2.24, 2.45) is 10.9 Å². The quantitative estimate of drug-likeness (QED) is 0.683. The van der Waals surface area contributed by atoms with Gasteiger partial charge in [-0.05, 0) is 37.0 Å². The van der Waals surface area contributed by atoms with Crippen molar-refractivity contribution in [3.63, 3.8) is 0 Å². The average Bonchev–Trinajstić information content (AvgIpc) is 2.47. The molecule has 1 aliphatic heterocycles. The lowest BCUT2D eigenvalue weighted by Gasteiger charge is -2.33. The molecule has 0 unspecified atom stereocenters. The molecule has 1 N–H and O–H groups in total. The van der Waals surface area contributed by atoms with Crippen molar-refractivity contribution < 1.29 is 4.74 Å². The molecule has 0 radical (unpaired) electrons. The fraction of sp³-hybridized carbons (Fsp3) is 0.533. The lowest BCUT2D eigenvalue weighted by atomic mass is 9.98. The van der Waals surface area contributed by atoms with Gasteiger partial charge in [0.2, 0.25) is 0 Å². The van der Waals surface area contributed by atoms with Crippen LogP contribution in [0.2, 0.25) is 10.0 Å². The first-order valence-corrected chi connectivity index (χ1v) is 7.86. The van der Waals surface area contributed by atoms with E-state index in [9.17, 15) is 0 Å². The minimum Gasteiger partial charge on any atom is -0.493 e. The maximum absolute atomic E-state index is 5.97. The molecular weight excluding hydrogens is 309 g/mol. The first-order chi connectivity index (χ1) is 10.1. The van der Waals surface area contributed by atoms with Gasteiger partial charge in [-0.2, -0.15) is 0 Å². The van der Waals surface area contributed by atoms with E-state index in [0.29, 0.717) is 22.6 Å². The van der Waals surface area contributed by atoms with Crippen molar-refractivity contribution in [1.82, 2.24) is 10.2 Å². The molecule has 0 atom stereocenters. The Morgan fingerprint density at radius 3 is 2.43 bits per heavy atom. The van der Waals surface area contributed by atoms with Gasteiger partial charge in [-0.1, -0.05) is 23.2 Å². The molecule has 0 aromatic heterocycles. The summed E-state index contributed by atoms with van der Waals surface area (Å²) in [6.07, 6.45) is 2.18. The van der Waals surface area contributed by atoms with Gasteiger partial charge in [-0.25, -0.2) is 0 Å². The number of nitrogens with zero attached hydrogens (tertiary/aromatic N) is 2. The van der Waals surface area contributed by atoms with E-state index in [1.165, 1.54) is 0 Å². The van der Waals surface area contributed by atoms with E-state index in [2.05, 4.69) is 15.2 Å². The number of nitrogens with one attached hydrogen (secondary N) is 1. The van der Waals surface area contributed by atoms with Gasteiger partial charge in [0.1, 0.15) is 5.75 Å². The van der Waals surface area contributed by atoms with Crippen LogP contribution in [0.5, 0.6) is 5.75 Å². The second-order valence-corrected chi connectivity index (χ2v) is 6.02. The number of likely N-dealkylation sites (tertiary alicyclic amines) is 1. The molecule has 4 nitrogen and oxygen atoms in total. The van der Waals surface area contributed by atoms with Crippen molar-refractivity contribution in [2.75, 3.05) is 33.8 Å². The van der Waals surface area contributed by atoms with Crippen LogP contribution in [0, 0.1) is 5.92 Å². The van der Waals surface area contributed by atoms with Gasteiger partial charge in [-0.15, -0.1) is 0 Å². The van der Waals surface area contributed by atoms with Crippen molar-refractivity contribution in [2.45, 2.75) is 12.8 Å². The number of ether oxygens (including phenoxy) is 1. The van der Waals surface area contributed by atoms with E-state index in [1.54, 1.807) is 18.2 Å². The van der Waals surface area contributed by atoms with Gasteiger partial charge in [0, 0.05) is 37.2 Å². The Balaban J connectivity index is 1.81. The van der Waals surface area contributed by atoms with Crippen LogP contribution in [0.3, 0.4) is 0 Å². The Hall–Kier alpha value is -1.13. The molecule has 21 heavy (non-hydrogen) atoms. The third kappa shape index (κ3) is 4.68. The van der Waals surface area contributed by atoms with Gasteiger partial charge in [0.05, 0.1) is 6.61 Å². The molecular formula is C15H21Cl2N3O. The van der Waals surface area contributed by atoms with Gasteiger partial charge in [-0.3, -0.25) is 4.99 Å². The van der Waals surface area contributed by atoms with Crippen LogP contribution >= 0.6 is 23.2 Å².